The molecule has 4 nitrogen and oxygen atoms in total. The highest BCUT2D eigenvalue weighted by atomic mass is 16.3. The average Bonchev–Trinajstić information content (AvgIpc) is 2.90. The van der Waals surface area contributed by atoms with Crippen molar-refractivity contribution in [2.24, 2.45) is 13.0 Å². The van der Waals surface area contributed by atoms with Crippen LogP contribution in [0.15, 0.2) is 18.2 Å². The number of nitrogens with one attached hydrogen (secondary N) is 1. The Labute approximate surface area is 100 Å². The number of rotatable bonds is 2. The molecular formula is C13H17N3O. The van der Waals surface area contributed by atoms with Gasteiger partial charge >= 0.3 is 0 Å². The zero-order valence-electron chi connectivity index (χ0n) is 9.98. The summed E-state index contributed by atoms with van der Waals surface area (Å²) in [6.45, 7) is 2.19. The van der Waals surface area contributed by atoms with Gasteiger partial charge in [-0.2, -0.15) is 5.10 Å². The van der Waals surface area contributed by atoms with Gasteiger partial charge in [-0.05, 0) is 37.9 Å². The molecule has 1 aromatic heterocycles. The topological polar surface area (TPSA) is 50.1 Å². The molecule has 2 aromatic rings. The lowest BCUT2D eigenvalue weighted by atomic mass is 10.0. The third-order valence-electron chi connectivity index (χ3n) is 3.56. The van der Waals surface area contributed by atoms with Gasteiger partial charge in [-0.25, -0.2) is 0 Å². The molecule has 1 unspecified atom stereocenters. The number of aromatic hydroxyl groups is 1. The summed E-state index contributed by atoms with van der Waals surface area (Å²) in [4.78, 5) is 0. The molecule has 1 aliphatic heterocycles. The molecule has 0 saturated carbocycles. The predicted octanol–water partition coefficient (Wildman–Crippen LogP) is 1.43. The molecule has 0 spiro atoms. The molecule has 3 rings (SSSR count). The second kappa shape index (κ2) is 4.04. The van der Waals surface area contributed by atoms with Crippen molar-refractivity contribution in [1.29, 1.82) is 0 Å². The van der Waals surface area contributed by atoms with Crippen LogP contribution in [0.25, 0.3) is 10.9 Å². The van der Waals surface area contributed by atoms with E-state index in [2.05, 4.69) is 10.4 Å². The van der Waals surface area contributed by atoms with Crippen molar-refractivity contribution in [3.63, 3.8) is 0 Å². The van der Waals surface area contributed by atoms with E-state index < -0.39 is 0 Å². The van der Waals surface area contributed by atoms with Crippen LogP contribution in [0.2, 0.25) is 0 Å². The lowest BCUT2D eigenvalue weighted by Gasteiger charge is -2.05. The molecule has 1 aliphatic rings. The van der Waals surface area contributed by atoms with Gasteiger partial charge in [0.05, 0.1) is 5.69 Å². The lowest BCUT2D eigenvalue weighted by molar-refractivity contribution is 0.477. The summed E-state index contributed by atoms with van der Waals surface area (Å²) in [5.41, 5.74) is 1.94. The third kappa shape index (κ3) is 1.78. The van der Waals surface area contributed by atoms with Crippen molar-refractivity contribution in [3.8, 4) is 5.75 Å². The number of para-hydroxylation sites is 1. The van der Waals surface area contributed by atoms with Crippen LogP contribution in [0.3, 0.4) is 0 Å². The van der Waals surface area contributed by atoms with Crippen LogP contribution in [-0.2, 0) is 13.5 Å². The van der Waals surface area contributed by atoms with Gasteiger partial charge in [-0.1, -0.05) is 12.1 Å². The number of nitrogens with zero attached hydrogens (tertiary/aromatic N) is 2. The summed E-state index contributed by atoms with van der Waals surface area (Å²) in [6.07, 6.45) is 2.21. The Kier molecular flexibility index (Phi) is 2.52. The Balaban J connectivity index is 2.01. The van der Waals surface area contributed by atoms with Crippen LogP contribution in [0.5, 0.6) is 5.75 Å². The predicted molar refractivity (Wildman–Crippen MR) is 67.1 cm³/mol. The number of hydrogen-bond acceptors (Lipinski definition) is 3. The van der Waals surface area contributed by atoms with Gasteiger partial charge in [0.1, 0.15) is 11.3 Å². The monoisotopic (exact) mass is 231 g/mol. The van der Waals surface area contributed by atoms with E-state index in [1.165, 1.54) is 6.42 Å². The van der Waals surface area contributed by atoms with E-state index in [9.17, 15) is 5.11 Å². The summed E-state index contributed by atoms with van der Waals surface area (Å²) in [6, 6.07) is 5.64. The third-order valence-corrected chi connectivity index (χ3v) is 3.56. The minimum Gasteiger partial charge on any atom is -0.506 e. The molecule has 0 aliphatic carbocycles. The number of aryl methyl sites for hydroxylation is 1. The van der Waals surface area contributed by atoms with Crippen LogP contribution < -0.4 is 5.32 Å². The minimum absolute atomic E-state index is 0.313. The smallest absolute Gasteiger partial charge is 0.141 e. The molecule has 0 bridgehead atoms. The Morgan fingerprint density at radius 1 is 1.53 bits per heavy atom. The van der Waals surface area contributed by atoms with Gasteiger partial charge in [0, 0.05) is 12.4 Å². The summed E-state index contributed by atoms with van der Waals surface area (Å²) < 4.78 is 1.78. The molecule has 1 saturated heterocycles. The van der Waals surface area contributed by atoms with E-state index in [0.717, 1.165) is 36.1 Å². The first-order valence-electron chi connectivity index (χ1n) is 6.10. The molecule has 4 heteroatoms. The van der Waals surface area contributed by atoms with Crippen molar-refractivity contribution in [1.82, 2.24) is 15.1 Å². The minimum atomic E-state index is 0.313. The maximum atomic E-state index is 9.85. The van der Waals surface area contributed by atoms with Crippen molar-refractivity contribution in [2.75, 3.05) is 13.1 Å². The number of benzene rings is 1. The quantitative estimate of drug-likeness (QED) is 0.822. The average molecular weight is 231 g/mol. The SMILES string of the molecule is Cn1nc(CC2CCNC2)c2cccc(O)c21. The molecule has 17 heavy (non-hydrogen) atoms. The van der Waals surface area contributed by atoms with Gasteiger partial charge in [0.15, 0.2) is 0 Å². The molecule has 1 atom stereocenters. The molecule has 1 aromatic carbocycles. The largest absolute Gasteiger partial charge is 0.506 e. The van der Waals surface area contributed by atoms with Crippen LogP contribution in [0, 0.1) is 5.92 Å². The number of fused-ring (bicyclic) bond motifs is 1. The zero-order valence-corrected chi connectivity index (χ0v) is 9.98. The summed E-state index contributed by atoms with van der Waals surface area (Å²) in [5.74, 6) is 0.990. The van der Waals surface area contributed by atoms with E-state index in [-0.39, 0.29) is 0 Å². The molecular weight excluding hydrogens is 214 g/mol. The van der Waals surface area contributed by atoms with Gasteiger partial charge in [-0.15, -0.1) is 0 Å². The van der Waals surface area contributed by atoms with Crippen molar-refractivity contribution >= 4 is 10.9 Å². The molecule has 90 valence electrons. The normalized spacial score (nSPS) is 20.2. The number of aromatic nitrogens is 2. The van der Waals surface area contributed by atoms with Gasteiger partial charge < -0.3 is 10.4 Å². The van der Waals surface area contributed by atoms with Gasteiger partial charge in [0.25, 0.3) is 0 Å². The van der Waals surface area contributed by atoms with Crippen LogP contribution >= 0.6 is 0 Å². The van der Waals surface area contributed by atoms with Gasteiger partial charge in [0.2, 0.25) is 0 Å². The van der Waals surface area contributed by atoms with Crippen molar-refractivity contribution in [3.05, 3.63) is 23.9 Å². The van der Waals surface area contributed by atoms with E-state index in [0.29, 0.717) is 11.7 Å². The fourth-order valence-electron chi connectivity index (χ4n) is 2.70. The van der Waals surface area contributed by atoms with Gasteiger partial charge in [-0.3, -0.25) is 4.68 Å². The van der Waals surface area contributed by atoms with E-state index in [1.54, 1.807) is 10.7 Å². The zero-order chi connectivity index (χ0) is 11.8. The second-order valence-corrected chi connectivity index (χ2v) is 4.81. The first-order valence-corrected chi connectivity index (χ1v) is 6.10. The van der Waals surface area contributed by atoms with E-state index in [4.69, 9.17) is 0 Å². The fourth-order valence-corrected chi connectivity index (χ4v) is 2.70. The summed E-state index contributed by atoms with van der Waals surface area (Å²) in [7, 11) is 1.89. The molecule has 1 fully saturated rings. The Bertz CT molecular complexity index is 541. The summed E-state index contributed by atoms with van der Waals surface area (Å²) >= 11 is 0. The lowest BCUT2D eigenvalue weighted by Crippen LogP contribution is -2.11. The fraction of sp³-hybridized carbons (Fsp3) is 0.462. The number of hydrogen-bond donors (Lipinski definition) is 2. The Morgan fingerprint density at radius 3 is 3.18 bits per heavy atom. The van der Waals surface area contributed by atoms with Crippen LogP contribution in [-0.4, -0.2) is 28.0 Å². The molecule has 2 heterocycles. The van der Waals surface area contributed by atoms with Crippen molar-refractivity contribution < 1.29 is 5.11 Å². The second-order valence-electron chi connectivity index (χ2n) is 4.81. The van der Waals surface area contributed by atoms with Crippen LogP contribution in [0.4, 0.5) is 0 Å². The maximum Gasteiger partial charge on any atom is 0.141 e. The maximum absolute atomic E-state index is 9.85. The number of phenolic OH excluding ortho intramolecular Hbond substituents is 1. The van der Waals surface area contributed by atoms with E-state index in [1.807, 2.05) is 19.2 Å². The molecule has 0 radical (unpaired) electrons. The standard InChI is InChI=1S/C13H17N3O/c1-16-13-10(3-2-4-12(13)17)11(15-16)7-9-5-6-14-8-9/h2-4,9,14,17H,5-8H2,1H3. The highest BCUT2D eigenvalue weighted by Gasteiger charge is 2.19. The number of phenols is 1. The summed E-state index contributed by atoms with van der Waals surface area (Å²) in [5, 5.41) is 18.9. The highest BCUT2D eigenvalue weighted by Crippen LogP contribution is 2.28. The van der Waals surface area contributed by atoms with Crippen molar-refractivity contribution in [2.45, 2.75) is 12.8 Å². The Morgan fingerprint density at radius 2 is 2.41 bits per heavy atom. The van der Waals surface area contributed by atoms with Crippen LogP contribution in [0.1, 0.15) is 12.1 Å². The molecule has 2 N–H and O–H groups in total. The first kappa shape index (κ1) is 10.6. The highest BCUT2D eigenvalue weighted by molar-refractivity contribution is 5.87. The Hall–Kier alpha value is -1.55. The van der Waals surface area contributed by atoms with E-state index >= 15 is 0 Å². The first-order chi connectivity index (χ1) is 8.25. The molecule has 0 amide bonds.